The molecule has 0 aliphatic carbocycles. The van der Waals surface area contributed by atoms with Crippen LogP contribution in [0.5, 0.6) is 0 Å². The van der Waals surface area contributed by atoms with Gasteiger partial charge in [0.05, 0.1) is 6.54 Å². The number of nitrogens with zero attached hydrogens (tertiary/aromatic N) is 1. The monoisotopic (exact) mass is 289 g/mol. The van der Waals surface area contributed by atoms with Crippen molar-refractivity contribution in [2.24, 2.45) is 0 Å². The summed E-state index contributed by atoms with van der Waals surface area (Å²) in [5, 5.41) is 0. The zero-order valence-corrected chi connectivity index (χ0v) is 10.6. The Morgan fingerprint density at radius 2 is 1.58 bits per heavy atom. The predicted octanol–water partition coefficient (Wildman–Crippen LogP) is 2.95. The van der Waals surface area contributed by atoms with Crippen LogP contribution in [0.15, 0.2) is 29.2 Å². The molecular formula is C12H10F3NO2S. The number of imide groups is 1. The first-order valence-corrected chi connectivity index (χ1v) is 6.35. The van der Waals surface area contributed by atoms with Crippen molar-refractivity contribution in [3.05, 3.63) is 29.8 Å². The lowest BCUT2D eigenvalue weighted by atomic mass is 10.2. The van der Waals surface area contributed by atoms with Gasteiger partial charge in [-0.3, -0.25) is 14.5 Å². The van der Waals surface area contributed by atoms with E-state index in [1.807, 2.05) is 0 Å². The predicted molar refractivity (Wildman–Crippen MR) is 63.1 cm³/mol. The van der Waals surface area contributed by atoms with Crippen molar-refractivity contribution in [2.45, 2.75) is 29.8 Å². The van der Waals surface area contributed by atoms with Crippen LogP contribution < -0.4 is 0 Å². The lowest BCUT2D eigenvalue weighted by Gasteiger charge is -2.14. The molecule has 19 heavy (non-hydrogen) atoms. The molecule has 102 valence electrons. The van der Waals surface area contributed by atoms with E-state index in [9.17, 15) is 22.8 Å². The van der Waals surface area contributed by atoms with Gasteiger partial charge in [-0.15, -0.1) is 0 Å². The summed E-state index contributed by atoms with van der Waals surface area (Å²) in [6, 6.07) is 5.65. The van der Waals surface area contributed by atoms with Crippen molar-refractivity contribution in [3.8, 4) is 0 Å². The highest BCUT2D eigenvalue weighted by Crippen LogP contribution is 2.36. The van der Waals surface area contributed by atoms with E-state index in [4.69, 9.17) is 0 Å². The lowest BCUT2D eigenvalue weighted by molar-refractivity contribution is -0.139. The van der Waals surface area contributed by atoms with Gasteiger partial charge in [-0.2, -0.15) is 13.2 Å². The Labute approximate surface area is 111 Å². The number of hydrogen-bond acceptors (Lipinski definition) is 3. The summed E-state index contributed by atoms with van der Waals surface area (Å²) in [6.07, 6.45) is 0.418. The molecule has 0 spiro atoms. The molecule has 1 heterocycles. The van der Waals surface area contributed by atoms with Crippen molar-refractivity contribution in [2.75, 3.05) is 0 Å². The van der Waals surface area contributed by atoms with Crippen LogP contribution >= 0.6 is 11.8 Å². The Balaban J connectivity index is 2.03. The number of hydrogen-bond donors (Lipinski definition) is 0. The minimum absolute atomic E-state index is 0.0790. The molecule has 2 amide bonds. The van der Waals surface area contributed by atoms with Crippen molar-refractivity contribution in [1.29, 1.82) is 0 Å². The third kappa shape index (κ3) is 3.73. The molecule has 0 aromatic heterocycles. The number of alkyl halides is 3. The van der Waals surface area contributed by atoms with Crippen LogP contribution in [0.3, 0.4) is 0 Å². The van der Waals surface area contributed by atoms with Crippen LogP contribution in [0, 0.1) is 0 Å². The molecule has 0 unspecified atom stereocenters. The van der Waals surface area contributed by atoms with Gasteiger partial charge in [0.2, 0.25) is 11.8 Å². The fourth-order valence-electron chi connectivity index (χ4n) is 1.78. The van der Waals surface area contributed by atoms with Crippen LogP contribution in [0.4, 0.5) is 13.2 Å². The summed E-state index contributed by atoms with van der Waals surface area (Å²) in [4.78, 5) is 24.0. The Morgan fingerprint density at radius 1 is 1.05 bits per heavy atom. The molecule has 1 aromatic carbocycles. The second-order valence-electron chi connectivity index (χ2n) is 4.07. The minimum atomic E-state index is -4.32. The molecule has 3 nitrogen and oxygen atoms in total. The molecule has 1 aliphatic rings. The lowest BCUT2D eigenvalue weighted by Crippen LogP contribution is -2.28. The average molecular weight is 289 g/mol. The van der Waals surface area contributed by atoms with E-state index < -0.39 is 5.51 Å². The van der Waals surface area contributed by atoms with Crippen LogP contribution in [0.2, 0.25) is 0 Å². The molecule has 1 fully saturated rings. The largest absolute Gasteiger partial charge is 0.446 e. The summed E-state index contributed by atoms with van der Waals surface area (Å²) < 4.78 is 36.4. The summed E-state index contributed by atoms with van der Waals surface area (Å²) in [6.45, 7) is 0.120. The van der Waals surface area contributed by atoms with E-state index in [1.165, 1.54) is 24.3 Å². The molecule has 1 aliphatic heterocycles. The summed E-state index contributed by atoms with van der Waals surface area (Å²) in [5.41, 5.74) is -3.68. The van der Waals surface area contributed by atoms with Crippen molar-refractivity contribution < 1.29 is 22.8 Å². The number of amides is 2. The third-order valence-corrected chi connectivity index (χ3v) is 3.39. The Morgan fingerprint density at radius 3 is 2.05 bits per heavy atom. The van der Waals surface area contributed by atoms with Crippen molar-refractivity contribution in [1.82, 2.24) is 4.90 Å². The molecule has 0 atom stereocenters. The van der Waals surface area contributed by atoms with Gasteiger partial charge in [0, 0.05) is 17.7 Å². The van der Waals surface area contributed by atoms with Crippen LogP contribution in [-0.4, -0.2) is 22.2 Å². The van der Waals surface area contributed by atoms with Crippen molar-refractivity contribution in [3.63, 3.8) is 0 Å². The molecule has 2 rings (SSSR count). The molecule has 0 bridgehead atoms. The number of halogens is 3. The van der Waals surface area contributed by atoms with Gasteiger partial charge in [-0.1, -0.05) is 12.1 Å². The highest BCUT2D eigenvalue weighted by Gasteiger charge is 2.30. The Hall–Kier alpha value is -1.50. The number of carbonyl (C=O) groups excluding carboxylic acids is 2. The quantitative estimate of drug-likeness (QED) is 0.634. The SMILES string of the molecule is O=C1CCC(=O)N1Cc1ccc(SC(F)(F)F)cc1. The van der Waals surface area contributed by atoms with Crippen LogP contribution in [0.25, 0.3) is 0 Å². The van der Waals surface area contributed by atoms with Gasteiger partial charge in [0.1, 0.15) is 0 Å². The van der Waals surface area contributed by atoms with E-state index >= 15 is 0 Å². The number of likely N-dealkylation sites (tertiary alicyclic amines) is 1. The summed E-state index contributed by atoms with van der Waals surface area (Å²) in [5.74, 6) is -0.475. The third-order valence-electron chi connectivity index (χ3n) is 2.65. The maximum atomic E-state index is 12.1. The van der Waals surface area contributed by atoms with Gasteiger partial charge in [-0.25, -0.2) is 0 Å². The van der Waals surface area contributed by atoms with Crippen molar-refractivity contribution >= 4 is 23.6 Å². The zero-order chi connectivity index (χ0) is 14.0. The molecule has 1 saturated heterocycles. The molecule has 1 aromatic rings. The number of rotatable bonds is 3. The van der Waals surface area contributed by atoms with E-state index in [2.05, 4.69) is 0 Å². The molecule has 0 radical (unpaired) electrons. The Bertz CT molecular complexity index is 483. The van der Waals surface area contributed by atoms with Gasteiger partial charge in [0.25, 0.3) is 0 Å². The van der Waals surface area contributed by atoms with Gasteiger partial charge in [-0.05, 0) is 29.5 Å². The molecular weight excluding hydrogens is 279 g/mol. The normalized spacial score (nSPS) is 16.3. The fraction of sp³-hybridized carbons (Fsp3) is 0.333. The molecule has 0 saturated carbocycles. The second kappa shape index (κ2) is 5.24. The van der Waals surface area contributed by atoms with Crippen LogP contribution in [0.1, 0.15) is 18.4 Å². The van der Waals surface area contributed by atoms with E-state index in [-0.39, 0.29) is 47.9 Å². The fourth-order valence-corrected chi connectivity index (χ4v) is 2.32. The molecule has 0 N–H and O–H groups in total. The van der Waals surface area contributed by atoms with Gasteiger partial charge < -0.3 is 0 Å². The maximum Gasteiger partial charge on any atom is 0.446 e. The highest BCUT2D eigenvalue weighted by atomic mass is 32.2. The average Bonchev–Trinajstić information content (AvgIpc) is 2.61. The van der Waals surface area contributed by atoms with Crippen LogP contribution in [-0.2, 0) is 16.1 Å². The number of thioether (sulfide) groups is 1. The first-order valence-electron chi connectivity index (χ1n) is 5.53. The Kier molecular flexibility index (Phi) is 3.84. The number of carbonyl (C=O) groups is 2. The number of benzene rings is 1. The summed E-state index contributed by atoms with van der Waals surface area (Å²) in [7, 11) is 0. The topological polar surface area (TPSA) is 37.4 Å². The van der Waals surface area contributed by atoms with Gasteiger partial charge >= 0.3 is 5.51 Å². The minimum Gasteiger partial charge on any atom is -0.278 e. The van der Waals surface area contributed by atoms with E-state index in [0.29, 0.717) is 5.56 Å². The zero-order valence-electron chi connectivity index (χ0n) is 9.74. The second-order valence-corrected chi connectivity index (χ2v) is 5.20. The van der Waals surface area contributed by atoms with Gasteiger partial charge in [0.15, 0.2) is 0 Å². The molecule has 7 heteroatoms. The van der Waals surface area contributed by atoms with E-state index in [1.54, 1.807) is 0 Å². The maximum absolute atomic E-state index is 12.1. The van der Waals surface area contributed by atoms with E-state index in [0.717, 1.165) is 4.90 Å². The first kappa shape index (κ1) is 13.9. The smallest absolute Gasteiger partial charge is 0.278 e. The first-order chi connectivity index (χ1) is 8.85. The standard InChI is InChI=1S/C12H10F3NO2S/c13-12(14,15)19-9-3-1-8(2-4-9)7-16-10(17)5-6-11(16)18/h1-4H,5-7H2. The highest BCUT2D eigenvalue weighted by molar-refractivity contribution is 8.00. The summed E-state index contributed by atoms with van der Waals surface area (Å²) >= 11 is -0.194.